The van der Waals surface area contributed by atoms with Crippen molar-refractivity contribution in [2.24, 2.45) is 5.92 Å². The van der Waals surface area contributed by atoms with E-state index in [9.17, 15) is 9.59 Å². The van der Waals surface area contributed by atoms with Crippen molar-refractivity contribution < 1.29 is 9.59 Å². The zero-order chi connectivity index (χ0) is 15.2. The van der Waals surface area contributed by atoms with Crippen molar-refractivity contribution in [1.82, 2.24) is 15.1 Å². The normalized spacial score (nSPS) is 28.0. The number of nitrogens with one attached hydrogen (secondary N) is 1. The summed E-state index contributed by atoms with van der Waals surface area (Å²) < 4.78 is 0. The molecule has 0 bridgehead atoms. The highest BCUT2D eigenvalue weighted by atomic mass is 16.2. The van der Waals surface area contributed by atoms with Crippen LogP contribution in [-0.2, 0) is 9.59 Å². The van der Waals surface area contributed by atoms with E-state index in [2.05, 4.69) is 17.1 Å². The van der Waals surface area contributed by atoms with Crippen LogP contribution in [0.3, 0.4) is 0 Å². The maximum absolute atomic E-state index is 12.2. The first-order chi connectivity index (χ1) is 10.1. The van der Waals surface area contributed by atoms with Gasteiger partial charge in [-0.3, -0.25) is 14.5 Å². The largest absolute Gasteiger partial charge is 0.352 e. The second-order valence-electron chi connectivity index (χ2n) is 6.57. The average molecular weight is 295 g/mol. The molecule has 2 fully saturated rings. The van der Waals surface area contributed by atoms with E-state index < -0.39 is 0 Å². The molecule has 1 saturated heterocycles. The Hall–Kier alpha value is -1.10. The molecule has 120 valence electrons. The zero-order valence-electron chi connectivity index (χ0n) is 13.4. The third-order valence-electron chi connectivity index (χ3n) is 4.86. The molecule has 0 spiro atoms. The number of nitrogens with zero attached hydrogens (tertiary/aromatic N) is 2. The van der Waals surface area contributed by atoms with Crippen LogP contribution in [0.5, 0.6) is 0 Å². The molecule has 2 aliphatic rings. The molecule has 2 atom stereocenters. The van der Waals surface area contributed by atoms with Crippen molar-refractivity contribution >= 4 is 11.8 Å². The third-order valence-corrected chi connectivity index (χ3v) is 4.86. The Morgan fingerprint density at radius 2 is 1.81 bits per heavy atom. The van der Waals surface area contributed by atoms with Crippen molar-refractivity contribution in [2.75, 3.05) is 32.7 Å². The Labute approximate surface area is 128 Å². The van der Waals surface area contributed by atoms with Gasteiger partial charge in [-0.25, -0.2) is 0 Å². The first-order valence-electron chi connectivity index (χ1n) is 8.33. The van der Waals surface area contributed by atoms with E-state index in [1.165, 1.54) is 19.3 Å². The fraction of sp³-hybridized carbons (Fsp3) is 0.875. The molecular weight excluding hydrogens is 266 g/mol. The molecule has 0 aromatic heterocycles. The van der Waals surface area contributed by atoms with Crippen LogP contribution in [0.15, 0.2) is 0 Å². The van der Waals surface area contributed by atoms with Gasteiger partial charge in [-0.1, -0.05) is 19.8 Å². The molecule has 5 nitrogen and oxygen atoms in total. The van der Waals surface area contributed by atoms with Gasteiger partial charge in [0.2, 0.25) is 11.8 Å². The third kappa shape index (κ3) is 4.99. The SMILES string of the molecule is CC(=O)N1CCCN(CC(=O)NC2CCCCC2C)CC1. The molecule has 1 aliphatic carbocycles. The summed E-state index contributed by atoms with van der Waals surface area (Å²) in [7, 11) is 0. The van der Waals surface area contributed by atoms with Crippen LogP contribution in [0.25, 0.3) is 0 Å². The lowest BCUT2D eigenvalue weighted by Crippen LogP contribution is -2.46. The molecule has 5 heteroatoms. The summed E-state index contributed by atoms with van der Waals surface area (Å²) in [6.45, 7) is 7.57. The second kappa shape index (κ2) is 7.78. The van der Waals surface area contributed by atoms with E-state index in [1.54, 1.807) is 6.92 Å². The highest BCUT2D eigenvalue weighted by Gasteiger charge is 2.24. The van der Waals surface area contributed by atoms with E-state index in [0.717, 1.165) is 39.0 Å². The lowest BCUT2D eigenvalue weighted by molar-refractivity contribution is -0.128. The Morgan fingerprint density at radius 3 is 2.52 bits per heavy atom. The summed E-state index contributed by atoms with van der Waals surface area (Å²) in [5.74, 6) is 0.877. The van der Waals surface area contributed by atoms with Gasteiger partial charge in [0.15, 0.2) is 0 Å². The summed E-state index contributed by atoms with van der Waals surface area (Å²) in [6, 6.07) is 0.354. The number of carbonyl (C=O) groups is 2. The van der Waals surface area contributed by atoms with E-state index in [4.69, 9.17) is 0 Å². The van der Waals surface area contributed by atoms with Gasteiger partial charge >= 0.3 is 0 Å². The van der Waals surface area contributed by atoms with Crippen molar-refractivity contribution in [3.63, 3.8) is 0 Å². The van der Waals surface area contributed by atoms with Gasteiger partial charge in [0.05, 0.1) is 6.54 Å². The van der Waals surface area contributed by atoms with Gasteiger partial charge < -0.3 is 10.2 Å². The lowest BCUT2D eigenvalue weighted by Gasteiger charge is -2.30. The van der Waals surface area contributed by atoms with Crippen molar-refractivity contribution in [2.45, 2.75) is 52.0 Å². The molecule has 2 amide bonds. The fourth-order valence-corrected chi connectivity index (χ4v) is 3.43. The number of hydrogen-bond acceptors (Lipinski definition) is 3. The molecular formula is C16H29N3O2. The summed E-state index contributed by atoms with van der Waals surface area (Å²) >= 11 is 0. The molecule has 2 rings (SSSR count). The van der Waals surface area contributed by atoms with E-state index in [0.29, 0.717) is 18.5 Å². The standard InChI is InChI=1S/C16H29N3O2/c1-13-6-3-4-7-15(13)17-16(21)12-18-8-5-9-19(11-10-18)14(2)20/h13,15H,3-12H2,1-2H3,(H,17,21). The molecule has 1 saturated carbocycles. The van der Waals surface area contributed by atoms with Crippen LogP contribution in [-0.4, -0.2) is 60.4 Å². The van der Waals surface area contributed by atoms with Crippen LogP contribution < -0.4 is 5.32 Å². The molecule has 2 unspecified atom stereocenters. The maximum Gasteiger partial charge on any atom is 0.234 e. The Balaban J connectivity index is 1.75. The van der Waals surface area contributed by atoms with Crippen molar-refractivity contribution in [3.05, 3.63) is 0 Å². The Kier molecular flexibility index (Phi) is 6.03. The van der Waals surface area contributed by atoms with Gasteiger partial charge in [-0.05, 0) is 25.2 Å². The quantitative estimate of drug-likeness (QED) is 0.852. The molecule has 0 radical (unpaired) electrons. The first-order valence-corrected chi connectivity index (χ1v) is 8.33. The Morgan fingerprint density at radius 1 is 1.05 bits per heavy atom. The van der Waals surface area contributed by atoms with Crippen LogP contribution in [0.4, 0.5) is 0 Å². The number of rotatable bonds is 3. The fourth-order valence-electron chi connectivity index (χ4n) is 3.43. The van der Waals surface area contributed by atoms with Gasteiger partial charge in [-0.15, -0.1) is 0 Å². The topological polar surface area (TPSA) is 52.7 Å². The van der Waals surface area contributed by atoms with E-state index in [1.807, 2.05) is 4.90 Å². The molecule has 1 aliphatic heterocycles. The van der Waals surface area contributed by atoms with Crippen LogP contribution in [0.2, 0.25) is 0 Å². The molecule has 0 aromatic carbocycles. The predicted molar refractivity (Wildman–Crippen MR) is 82.9 cm³/mol. The van der Waals surface area contributed by atoms with Gasteiger partial charge in [0, 0.05) is 39.1 Å². The van der Waals surface area contributed by atoms with Gasteiger partial charge in [0.1, 0.15) is 0 Å². The van der Waals surface area contributed by atoms with Crippen LogP contribution in [0, 0.1) is 5.92 Å². The lowest BCUT2D eigenvalue weighted by atomic mass is 9.86. The monoisotopic (exact) mass is 295 g/mol. The van der Waals surface area contributed by atoms with E-state index >= 15 is 0 Å². The highest BCUT2D eigenvalue weighted by Crippen LogP contribution is 2.23. The minimum absolute atomic E-state index is 0.136. The summed E-state index contributed by atoms with van der Waals surface area (Å²) in [4.78, 5) is 27.7. The van der Waals surface area contributed by atoms with E-state index in [-0.39, 0.29) is 11.8 Å². The summed E-state index contributed by atoms with van der Waals surface area (Å²) in [5.41, 5.74) is 0. The number of carbonyl (C=O) groups excluding carboxylic acids is 2. The summed E-state index contributed by atoms with van der Waals surface area (Å²) in [5, 5.41) is 3.21. The minimum Gasteiger partial charge on any atom is -0.352 e. The maximum atomic E-state index is 12.2. The van der Waals surface area contributed by atoms with Crippen molar-refractivity contribution in [3.8, 4) is 0 Å². The molecule has 0 aromatic rings. The van der Waals surface area contributed by atoms with Crippen LogP contribution in [0.1, 0.15) is 46.0 Å². The second-order valence-corrected chi connectivity index (χ2v) is 6.57. The summed E-state index contributed by atoms with van der Waals surface area (Å²) in [6.07, 6.45) is 5.81. The predicted octanol–water partition coefficient (Wildman–Crippen LogP) is 1.24. The van der Waals surface area contributed by atoms with Crippen LogP contribution >= 0.6 is 0 Å². The smallest absolute Gasteiger partial charge is 0.234 e. The first kappa shape index (κ1) is 16.3. The molecule has 1 N–H and O–H groups in total. The highest BCUT2D eigenvalue weighted by molar-refractivity contribution is 5.78. The molecule has 1 heterocycles. The van der Waals surface area contributed by atoms with Gasteiger partial charge in [0.25, 0.3) is 0 Å². The van der Waals surface area contributed by atoms with Crippen molar-refractivity contribution in [1.29, 1.82) is 0 Å². The Bertz CT molecular complexity index is 373. The zero-order valence-corrected chi connectivity index (χ0v) is 13.4. The minimum atomic E-state index is 0.136. The number of hydrogen-bond donors (Lipinski definition) is 1. The number of amides is 2. The van der Waals surface area contributed by atoms with Gasteiger partial charge in [-0.2, -0.15) is 0 Å². The average Bonchev–Trinajstić information content (AvgIpc) is 2.67. The molecule has 21 heavy (non-hydrogen) atoms.